The summed E-state index contributed by atoms with van der Waals surface area (Å²) < 4.78 is 0. The number of nitrogens with zero attached hydrogens (tertiary/aromatic N) is 4. The summed E-state index contributed by atoms with van der Waals surface area (Å²) in [7, 11) is 0. The third-order valence-corrected chi connectivity index (χ3v) is 4.79. The van der Waals surface area contributed by atoms with E-state index >= 15 is 0 Å². The molecule has 0 radical (unpaired) electrons. The molecular formula is C18H25N5. The minimum Gasteiger partial charge on any atom is -0.352 e. The van der Waals surface area contributed by atoms with Crippen LogP contribution in [0.4, 0.5) is 17.5 Å². The normalized spacial score (nSPS) is 18.0. The molecule has 1 aromatic carbocycles. The number of benzene rings is 1. The maximum atomic E-state index is 4.70. The smallest absolute Gasteiger partial charge is 0.249 e. The molecule has 3 rings (SSSR count). The van der Waals surface area contributed by atoms with Crippen LogP contribution in [0.25, 0.3) is 0 Å². The minimum atomic E-state index is 0.564. The van der Waals surface area contributed by atoms with Gasteiger partial charge in [0.25, 0.3) is 0 Å². The van der Waals surface area contributed by atoms with Gasteiger partial charge < -0.3 is 10.2 Å². The average Bonchev–Trinajstić information content (AvgIpc) is 2.59. The number of nitrogens with one attached hydrogen (secondary N) is 1. The molecule has 1 aliphatic rings. The van der Waals surface area contributed by atoms with Gasteiger partial charge in [0.05, 0.1) is 6.20 Å². The fourth-order valence-corrected chi connectivity index (χ4v) is 3.22. The van der Waals surface area contributed by atoms with Gasteiger partial charge in [0.2, 0.25) is 5.95 Å². The van der Waals surface area contributed by atoms with Gasteiger partial charge in [-0.15, -0.1) is 5.10 Å². The third-order valence-electron chi connectivity index (χ3n) is 4.79. The fraction of sp³-hybridized carbons (Fsp3) is 0.500. The van der Waals surface area contributed by atoms with Crippen LogP contribution in [-0.2, 0) is 0 Å². The van der Waals surface area contributed by atoms with Crippen LogP contribution in [0, 0.1) is 13.8 Å². The number of rotatable bonds is 4. The summed E-state index contributed by atoms with van der Waals surface area (Å²) in [5, 5.41) is 11.6. The standard InChI is InChI=1S/C18H25N5/c1-4-15-9-5-6-11-23(15)17-12-19-22-18(21-17)20-16-10-7-8-13(2)14(16)3/h7-8,10,12,15H,4-6,9,11H2,1-3H3,(H,20,21,22). The number of piperidine rings is 1. The van der Waals surface area contributed by atoms with Gasteiger partial charge in [-0.2, -0.15) is 10.1 Å². The molecule has 0 spiro atoms. The lowest BCUT2D eigenvalue weighted by molar-refractivity contribution is 0.446. The molecule has 0 amide bonds. The van der Waals surface area contributed by atoms with E-state index in [9.17, 15) is 0 Å². The van der Waals surface area contributed by atoms with Crippen molar-refractivity contribution < 1.29 is 0 Å². The molecule has 1 aliphatic heterocycles. The highest BCUT2D eigenvalue weighted by Crippen LogP contribution is 2.26. The molecule has 1 aromatic heterocycles. The number of aromatic nitrogens is 3. The van der Waals surface area contributed by atoms with Crippen LogP contribution in [0.5, 0.6) is 0 Å². The van der Waals surface area contributed by atoms with Crippen LogP contribution >= 0.6 is 0 Å². The van der Waals surface area contributed by atoms with Gasteiger partial charge in [-0.1, -0.05) is 19.1 Å². The molecule has 2 aromatic rings. The summed E-state index contributed by atoms with van der Waals surface area (Å²) in [4.78, 5) is 7.08. The first kappa shape index (κ1) is 15.7. The van der Waals surface area contributed by atoms with Crippen molar-refractivity contribution in [2.24, 2.45) is 0 Å². The van der Waals surface area contributed by atoms with Gasteiger partial charge in [0, 0.05) is 18.3 Å². The van der Waals surface area contributed by atoms with Crippen LogP contribution in [-0.4, -0.2) is 27.8 Å². The van der Waals surface area contributed by atoms with Crippen LogP contribution in [0.3, 0.4) is 0 Å². The Hall–Kier alpha value is -2.17. The second-order valence-corrected chi connectivity index (χ2v) is 6.26. The molecular weight excluding hydrogens is 286 g/mol. The van der Waals surface area contributed by atoms with Gasteiger partial charge in [-0.25, -0.2) is 0 Å². The van der Waals surface area contributed by atoms with Crippen molar-refractivity contribution in [3.05, 3.63) is 35.5 Å². The summed E-state index contributed by atoms with van der Waals surface area (Å²) in [6.45, 7) is 7.51. The van der Waals surface area contributed by atoms with Gasteiger partial charge >= 0.3 is 0 Å². The van der Waals surface area contributed by atoms with E-state index in [2.05, 4.69) is 47.3 Å². The summed E-state index contributed by atoms with van der Waals surface area (Å²) in [5.41, 5.74) is 3.50. The number of anilines is 3. The Labute approximate surface area is 138 Å². The zero-order chi connectivity index (χ0) is 16.2. The molecule has 122 valence electrons. The molecule has 1 N–H and O–H groups in total. The largest absolute Gasteiger partial charge is 0.352 e. The van der Waals surface area contributed by atoms with Crippen molar-refractivity contribution in [1.82, 2.24) is 15.2 Å². The molecule has 0 aliphatic carbocycles. The van der Waals surface area contributed by atoms with E-state index in [1.165, 1.54) is 30.4 Å². The first-order valence-electron chi connectivity index (χ1n) is 8.48. The minimum absolute atomic E-state index is 0.564. The number of aryl methyl sites for hydroxylation is 1. The van der Waals surface area contributed by atoms with Gasteiger partial charge in [0.1, 0.15) is 0 Å². The Morgan fingerprint density at radius 1 is 1.26 bits per heavy atom. The predicted octanol–water partition coefficient (Wildman–Crippen LogP) is 4.00. The Balaban J connectivity index is 1.83. The van der Waals surface area contributed by atoms with Crippen molar-refractivity contribution in [2.75, 3.05) is 16.8 Å². The lowest BCUT2D eigenvalue weighted by atomic mass is 10.0. The van der Waals surface area contributed by atoms with Crippen LogP contribution in [0.1, 0.15) is 43.7 Å². The molecule has 5 nitrogen and oxygen atoms in total. The molecule has 2 heterocycles. The van der Waals surface area contributed by atoms with Crippen molar-refractivity contribution in [1.29, 1.82) is 0 Å². The van der Waals surface area contributed by atoms with E-state index in [-0.39, 0.29) is 0 Å². The quantitative estimate of drug-likeness (QED) is 0.925. The zero-order valence-electron chi connectivity index (χ0n) is 14.2. The van der Waals surface area contributed by atoms with E-state index in [1.54, 1.807) is 6.20 Å². The number of hydrogen-bond donors (Lipinski definition) is 1. The van der Waals surface area contributed by atoms with E-state index in [0.29, 0.717) is 12.0 Å². The van der Waals surface area contributed by atoms with Gasteiger partial charge in [-0.3, -0.25) is 0 Å². The van der Waals surface area contributed by atoms with E-state index in [4.69, 9.17) is 4.98 Å². The van der Waals surface area contributed by atoms with Crippen molar-refractivity contribution in [3.63, 3.8) is 0 Å². The highest BCUT2D eigenvalue weighted by atomic mass is 15.3. The lowest BCUT2D eigenvalue weighted by Gasteiger charge is -2.35. The maximum Gasteiger partial charge on any atom is 0.249 e. The van der Waals surface area contributed by atoms with Crippen LogP contribution in [0.2, 0.25) is 0 Å². The van der Waals surface area contributed by atoms with E-state index < -0.39 is 0 Å². The average molecular weight is 311 g/mol. The first-order valence-corrected chi connectivity index (χ1v) is 8.48. The summed E-state index contributed by atoms with van der Waals surface area (Å²) in [6.07, 6.45) is 6.69. The molecule has 1 saturated heterocycles. The van der Waals surface area contributed by atoms with Crippen LogP contribution < -0.4 is 10.2 Å². The van der Waals surface area contributed by atoms with Crippen molar-refractivity contribution in [2.45, 2.75) is 52.5 Å². The fourth-order valence-electron chi connectivity index (χ4n) is 3.22. The van der Waals surface area contributed by atoms with Crippen LogP contribution in [0.15, 0.2) is 24.4 Å². The molecule has 1 unspecified atom stereocenters. The highest BCUT2D eigenvalue weighted by molar-refractivity contribution is 5.60. The van der Waals surface area contributed by atoms with E-state index in [0.717, 1.165) is 24.5 Å². The Kier molecular flexibility index (Phi) is 4.74. The maximum absolute atomic E-state index is 4.70. The molecule has 0 bridgehead atoms. The predicted molar refractivity (Wildman–Crippen MR) is 94.3 cm³/mol. The van der Waals surface area contributed by atoms with Gasteiger partial charge in [0.15, 0.2) is 5.82 Å². The Morgan fingerprint density at radius 3 is 2.96 bits per heavy atom. The zero-order valence-corrected chi connectivity index (χ0v) is 14.2. The lowest BCUT2D eigenvalue weighted by Crippen LogP contribution is -2.39. The highest BCUT2D eigenvalue weighted by Gasteiger charge is 2.22. The number of hydrogen-bond acceptors (Lipinski definition) is 5. The molecule has 23 heavy (non-hydrogen) atoms. The summed E-state index contributed by atoms with van der Waals surface area (Å²) in [5.74, 6) is 1.50. The monoisotopic (exact) mass is 311 g/mol. The van der Waals surface area contributed by atoms with E-state index in [1.807, 2.05) is 12.1 Å². The SMILES string of the molecule is CCC1CCCCN1c1cnnc(Nc2cccc(C)c2C)n1. The molecule has 1 atom stereocenters. The third kappa shape index (κ3) is 3.44. The topological polar surface area (TPSA) is 53.9 Å². The van der Waals surface area contributed by atoms with Crippen molar-refractivity contribution in [3.8, 4) is 0 Å². The molecule has 1 fully saturated rings. The second kappa shape index (κ2) is 6.94. The Morgan fingerprint density at radius 2 is 2.13 bits per heavy atom. The Bertz CT molecular complexity index is 670. The first-order chi connectivity index (χ1) is 11.2. The summed E-state index contributed by atoms with van der Waals surface area (Å²) >= 11 is 0. The second-order valence-electron chi connectivity index (χ2n) is 6.26. The molecule has 5 heteroatoms. The molecule has 0 saturated carbocycles. The van der Waals surface area contributed by atoms with Crippen molar-refractivity contribution >= 4 is 17.5 Å². The van der Waals surface area contributed by atoms with Gasteiger partial charge in [-0.05, 0) is 56.7 Å². The summed E-state index contributed by atoms with van der Waals surface area (Å²) in [6, 6.07) is 6.76.